The Hall–Kier alpha value is -1.70. The molecule has 1 aromatic rings. The number of hydrogen-bond donors (Lipinski definition) is 0. The zero-order valence-electron chi connectivity index (χ0n) is 12.2. The summed E-state index contributed by atoms with van der Waals surface area (Å²) in [4.78, 5) is 12.3. The van der Waals surface area contributed by atoms with E-state index in [1.807, 2.05) is 13.0 Å². The van der Waals surface area contributed by atoms with Crippen LogP contribution in [0.3, 0.4) is 0 Å². The molecule has 0 spiro atoms. The van der Waals surface area contributed by atoms with Gasteiger partial charge in [0.2, 0.25) is 0 Å². The third kappa shape index (κ3) is 3.44. The minimum atomic E-state index is -0.243. The van der Waals surface area contributed by atoms with E-state index in [9.17, 15) is 9.18 Å². The summed E-state index contributed by atoms with van der Waals surface area (Å²) in [5.74, 6) is 0.448. The minimum Gasteiger partial charge on any atom is -0.294 e. The number of halogens is 1. The summed E-state index contributed by atoms with van der Waals surface area (Å²) in [6.07, 6.45) is 7.31. The average Bonchev–Trinajstić information content (AvgIpc) is 2.62. The molecule has 0 amide bonds. The van der Waals surface area contributed by atoms with Crippen LogP contribution in [-0.2, 0) is 4.79 Å². The Morgan fingerprint density at radius 3 is 2.65 bits per heavy atom. The number of benzene rings is 1. The SMILES string of the molecule is CCCC(=O)C1=C(c2ccc(F)cc2)CC(C)CC=C1. The number of allylic oxidation sites excluding steroid dienone is 4. The van der Waals surface area contributed by atoms with E-state index in [4.69, 9.17) is 0 Å². The van der Waals surface area contributed by atoms with Gasteiger partial charge in [-0.25, -0.2) is 4.39 Å². The van der Waals surface area contributed by atoms with Gasteiger partial charge >= 0.3 is 0 Å². The van der Waals surface area contributed by atoms with E-state index >= 15 is 0 Å². The van der Waals surface area contributed by atoms with E-state index in [2.05, 4.69) is 13.0 Å². The van der Waals surface area contributed by atoms with E-state index < -0.39 is 0 Å². The van der Waals surface area contributed by atoms with Crippen LogP contribution in [0.2, 0.25) is 0 Å². The van der Waals surface area contributed by atoms with Crippen molar-refractivity contribution in [3.05, 3.63) is 53.4 Å². The Kier molecular flexibility index (Phi) is 4.89. The topological polar surface area (TPSA) is 17.1 Å². The maximum atomic E-state index is 13.1. The lowest BCUT2D eigenvalue weighted by Gasteiger charge is -2.14. The quantitative estimate of drug-likeness (QED) is 0.759. The molecule has 0 aromatic heterocycles. The average molecular weight is 272 g/mol. The lowest BCUT2D eigenvalue weighted by Crippen LogP contribution is -2.04. The highest BCUT2D eigenvalue weighted by molar-refractivity contribution is 6.05. The van der Waals surface area contributed by atoms with Crippen LogP contribution in [0.5, 0.6) is 0 Å². The maximum Gasteiger partial charge on any atom is 0.163 e. The summed E-state index contributed by atoms with van der Waals surface area (Å²) in [6.45, 7) is 4.19. The molecule has 1 aromatic carbocycles. The number of Topliss-reactive ketones (excluding diaryl/α,β-unsaturated/α-hetero) is 1. The first kappa shape index (κ1) is 14.7. The molecule has 0 radical (unpaired) electrons. The van der Waals surface area contributed by atoms with Crippen molar-refractivity contribution in [1.82, 2.24) is 0 Å². The van der Waals surface area contributed by atoms with Gasteiger partial charge < -0.3 is 0 Å². The fourth-order valence-electron chi connectivity index (χ4n) is 2.61. The zero-order chi connectivity index (χ0) is 14.5. The van der Waals surface area contributed by atoms with Crippen LogP contribution >= 0.6 is 0 Å². The van der Waals surface area contributed by atoms with Crippen molar-refractivity contribution in [2.75, 3.05) is 0 Å². The standard InChI is InChI=1S/C18H21FO/c1-3-5-18(20)16-7-4-6-13(2)12-17(16)14-8-10-15(19)11-9-14/h4,7-11,13H,3,5-6,12H2,1-2H3. The number of hydrogen-bond acceptors (Lipinski definition) is 1. The molecule has 1 unspecified atom stereocenters. The summed E-state index contributed by atoms with van der Waals surface area (Å²) < 4.78 is 13.1. The third-order valence-electron chi connectivity index (χ3n) is 3.67. The fraction of sp³-hybridized carbons (Fsp3) is 0.389. The Balaban J connectivity index is 2.46. The largest absolute Gasteiger partial charge is 0.294 e. The Morgan fingerprint density at radius 2 is 2.00 bits per heavy atom. The van der Waals surface area contributed by atoms with Crippen LogP contribution in [-0.4, -0.2) is 5.78 Å². The highest BCUT2D eigenvalue weighted by Crippen LogP contribution is 2.32. The highest BCUT2D eigenvalue weighted by Gasteiger charge is 2.18. The van der Waals surface area contributed by atoms with Crippen molar-refractivity contribution < 1.29 is 9.18 Å². The molecule has 1 atom stereocenters. The number of rotatable bonds is 4. The van der Waals surface area contributed by atoms with Crippen LogP contribution in [0.1, 0.15) is 45.1 Å². The van der Waals surface area contributed by atoms with Gasteiger partial charge in [0.05, 0.1) is 0 Å². The van der Waals surface area contributed by atoms with Gasteiger partial charge in [-0.2, -0.15) is 0 Å². The molecule has 1 nitrogen and oxygen atoms in total. The van der Waals surface area contributed by atoms with E-state index in [0.29, 0.717) is 12.3 Å². The lowest BCUT2D eigenvalue weighted by molar-refractivity contribution is -0.115. The molecule has 0 N–H and O–H groups in total. The van der Waals surface area contributed by atoms with Gasteiger partial charge in [0.25, 0.3) is 0 Å². The van der Waals surface area contributed by atoms with Gasteiger partial charge in [-0.3, -0.25) is 4.79 Å². The molecule has 0 saturated carbocycles. The van der Waals surface area contributed by atoms with Crippen LogP contribution in [0.4, 0.5) is 4.39 Å². The normalized spacial score (nSPS) is 19.1. The van der Waals surface area contributed by atoms with Crippen LogP contribution < -0.4 is 0 Å². The maximum absolute atomic E-state index is 13.1. The molecule has 1 aliphatic carbocycles. The molecule has 0 fully saturated rings. The predicted octanol–water partition coefficient (Wildman–Crippen LogP) is 4.93. The second-order valence-corrected chi connectivity index (χ2v) is 5.52. The summed E-state index contributed by atoms with van der Waals surface area (Å²) in [5, 5.41) is 0. The van der Waals surface area contributed by atoms with Gasteiger partial charge in [-0.1, -0.05) is 38.1 Å². The second-order valence-electron chi connectivity index (χ2n) is 5.52. The summed E-state index contributed by atoms with van der Waals surface area (Å²) in [7, 11) is 0. The van der Waals surface area contributed by atoms with Crippen LogP contribution in [0.15, 0.2) is 42.0 Å². The molecule has 106 valence electrons. The second kappa shape index (κ2) is 6.65. The molecule has 0 bridgehead atoms. The van der Waals surface area contributed by atoms with Gasteiger partial charge in [0.1, 0.15) is 5.82 Å². The number of carbonyl (C=O) groups excluding carboxylic acids is 1. The number of ketones is 1. The fourth-order valence-corrected chi connectivity index (χ4v) is 2.61. The van der Waals surface area contributed by atoms with E-state index in [-0.39, 0.29) is 11.6 Å². The molecular weight excluding hydrogens is 251 g/mol. The minimum absolute atomic E-state index is 0.192. The van der Waals surface area contributed by atoms with Crippen molar-refractivity contribution >= 4 is 11.4 Å². The number of carbonyl (C=O) groups is 1. The molecule has 0 heterocycles. The molecule has 0 saturated heterocycles. The molecule has 0 aliphatic heterocycles. The smallest absolute Gasteiger partial charge is 0.163 e. The van der Waals surface area contributed by atoms with Crippen molar-refractivity contribution in [2.24, 2.45) is 5.92 Å². The molecule has 1 aliphatic rings. The van der Waals surface area contributed by atoms with Crippen molar-refractivity contribution in [2.45, 2.75) is 39.5 Å². The Morgan fingerprint density at radius 1 is 1.30 bits per heavy atom. The third-order valence-corrected chi connectivity index (χ3v) is 3.67. The van der Waals surface area contributed by atoms with Gasteiger partial charge in [-0.15, -0.1) is 0 Å². The van der Waals surface area contributed by atoms with Gasteiger partial charge in [0.15, 0.2) is 5.78 Å². The van der Waals surface area contributed by atoms with E-state index in [1.54, 1.807) is 12.1 Å². The monoisotopic (exact) mass is 272 g/mol. The Labute approximate surface area is 120 Å². The van der Waals surface area contributed by atoms with Crippen molar-refractivity contribution in [1.29, 1.82) is 0 Å². The zero-order valence-corrected chi connectivity index (χ0v) is 12.2. The van der Waals surface area contributed by atoms with E-state index in [0.717, 1.165) is 36.0 Å². The Bertz CT molecular complexity index is 537. The molecule has 2 heteroatoms. The first-order chi connectivity index (χ1) is 9.61. The first-order valence-corrected chi connectivity index (χ1v) is 7.30. The van der Waals surface area contributed by atoms with Crippen LogP contribution in [0.25, 0.3) is 5.57 Å². The summed E-state index contributed by atoms with van der Waals surface area (Å²) in [6, 6.07) is 6.47. The highest BCUT2D eigenvalue weighted by atomic mass is 19.1. The summed E-state index contributed by atoms with van der Waals surface area (Å²) >= 11 is 0. The predicted molar refractivity (Wildman–Crippen MR) is 80.8 cm³/mol. The van der Waals surface area contributed by atoms with Gasteiger partial charge in [0, 0.05) is 12.0 Å². The molecule has 2 rings (SSSR count). The first-order valence-electron chi connectivity index (χ1n) is 7.30. The molecular formula is C18H21FO. The molecule has 20 heavy (non-hydrogen) atoms. The lowest BCUT2D eigenvalue weighted by atomic mass is 9.90. The summed E-state index contributed by atoms with van der Waals surface area (Å²) in [5.41, 5.74) is 2.83. The van der Waals surface area contributed by atoms with Crippen molar-refractivity contribution in [3.8, 4) is 0 Å². The van der Waals surface area contributed by atoms with E-state index in [1.165, 1.54) is 12.1 Å². The van der Waals surface area contributed by atoms with Crippen LogP contribution in [0, 0.1) is 11.7 Å². The van der Waals surface area contributed by atoms with Gasteiger partial charge in [-0.05, 0) is 48.4 Å². The van der Waals surface area contributed by atoms with Crippen molar-refractivity contribution in [3.63, 3.8) is 0 Å².